The van der Waals surface area contributed by atoms with Crippen molar-refractivity contribution in [2.24, 2.45) is 0 Å². The molecule has 2 aliphatic rings. The summed E-state index contributed by atoms with van der Waals surface area (Å²) >= 11 is 1.000. The maximum Gasteiger partial charge on any atom is 0.248 e. The molecule has 0 spiro atoms. The van der Waals surface area contributed by atoms with Crippen molar-refractivity contribution in [2.45, 2.75) is 19.3 Å². The molecule has 3 amide bonds. The van der Waals surface area contributed by atoms with Crippen molar-refractivity contribution in [3.05, 3.63) is 23.8 Å². The number of rotatable bonds is 7. The molecule has 2 fully saturated rings. The second-order valence-corrected chi connectivity index (χ2v) is 8.47. The zero-order chi connectivity index (χ0) is 22.0. The van der Waals surface area contributed by atoms with Crippen LogP contribution in [0.5, 0.6) is 0 Å². The smallest absolute Gasteiger partial charge is 0.248 e. The SMILES string of the molecule is Cl.O=C1CCC(=O)N1CC(=O)N(CCCN1CCOCC1)c1nc2c(F)cc(F)cc2s1. The van der Waals surface area contributed by atoms with Gasteiger partial charge in [0.2, 0.25) is 17.7 Å². The molecule has 174 valence electrons. The van der Waals surface area contributed by atoms with Crippen LogP contribution in [0.2, 0.25) is 0 Å². The minimum Gasteiger partial charge on any atom is -0.379 e. The highest BCUT2D eigenvalue weighted by Crippen LogP contribution is 2.31. The molecular formula is C20H23ClF2N4O4S. The predicted molar refractivity (Wildman–Crippen MR) is 117 cm³/mol. The Kier molecular flexibility index (Phi) is 8.10. The van der Waals surface area contributed by atoms with E-state index in [0.29, 0.717) is 19.6 Å². The number of hydrogen-bond acceptors (Lipinski definition) is 7. The number of carbonyl (C=O) groups excluding carboxylic acids is 3. The van der Waals surface area contributed by atoms with Crippen molar-refractivity contribution in [3.63, 3.8) is 0 Å². The number of carbonyl (C=O) groups is 3. The van der Waals surface area contributed by atoms with Crippen molar-refractivity contribution < 1.29 is 27.9 Å². The molecule has 8 nitrogen and oxygen atoms in total. The molecule has 0 radical (unpaired) electrons. The average molecular weight is 489 g/mol. The summed E-state index contributed by atoms with van der Waals surface area (Å²) in [6.45, 7) is 3.53. The fourth-order valence-electron chi connectivity index (χ4n) is 3.69. The number of aromatic nitrogens is 1. The molecule has 0 atom stereocenters. The van der Waals surface area contributed by atoms with Gasteiger partial charge in [-0.3, -0.25) is 29.1 Å². The van der Waals surface area contributed by atoms with Crippen LogP contribution < -0.4 is 4.90 Å². The molecule has 2 saturated heterocycles. The number of imide groups is 1. The van der Waals surface area contributed by atoms with E-state index in [9.17, 15) is 23.2 Å². The van der Waals surface area contributed by atoms with Crippen LogP contribution >= 0.6 is 23.7 Å². The van der Waals surface area contributed by atoms with E-state index in [1.807, 2.05) is 0 Å². The average Bonchev–Trinajstić information content (AvgIpc) is 3.30. The molecule has 0 aliphatic carbocycles. The van der Waals surface area contributed by atoms with E-state index in [1.54, 1.807) is 0 Å². The van der Waals surface area contributed by atoms with Crippen molar-refractivity contribution in [1.82, 2.24) is 14.8 Å². The van der Waals surface area contributed by atoms with Crippen LogP contribution in [-0.2, 0) is 19.1 Å². The monoisotopic (exact) mass is 488 g/mol. The Balaban J connectivity index is 0.00000289. The number of hydrogen-bond donors (Lipinski definition) is 0. The van der Waals surface area contributed by atoms with E-state index in [0.717, 1.165) is 41.9 Å². The molecule has 0 saturated carbocycles. The van der Waals surface area contributed by atoms with Gasteiger partial charge in [-0.15, -0.1) is 12.4 Å². The quantitative estimate of drug-likeness (QED) is 0.556. The number of amides is 3. The van der Waals surface area contributed by atoms with Gasteiger partial charge < -0.3 is 4.74 Å². The zero-order valence-electron chi connectivity index (χ0n) is 17.2. The first kappa shape index (κ1) is 24.4. The van der Waals surface area contributed by atoms with Gasteiger partial charge in [-0.05, 0) is 12.5 Å². The minimum absolute atomic E-state index is 0. The lowest BCUT2D eigenvalue weighted by Crippen LogP contribution is -2.44. The fourth-order valence-corrected chi connectivity index (χ4v) is 4.73. The number of thiazole rings is 1. The molecule has 2 aromatic rings. The fraction of sp³-hybridized carbons (Fsp3) is 0.500. The van der Waals surface area contributed by atoms with Gasteiger partial charge in [0.1, 0.15) is 17.9 Å². The summed E-state index contributed by atoms with van der Waals surface area (Å²) in [6.07, 6.45) is 0.796. The summed E-state index contributed by atoms with van der Waals surface area (Å²) in [7, 11) is 0. The maximum atomic E-state index is 14.1. The first-order valence-corrected chi connectivity index (χ1v) is 10.9. The van der Waals surface area contributed by atoms with Crippen molar-refractivity contribution in [1.29, 1.82) is 0 Å². The van der Waals surface area contributed by atoms with E-state index in [2.05, 4.69) is 9.88 Å². The summed E-state index contributed by atoms with van der Waals surface area (Å²) in [5, 5.41) is 0.213. The molecular weight excluding hydrogens is 466 g/mol. The zero-order valence-corrected chi connectivity index (χ0v) is 18.9. The summed E-state index contributed by atoms with van der Waals surface area (Å²) in [4.78, 5) is 45.7. The maximum absolute atomic E-state index is 14.1. The summed E-state index contributed by atoms with van der Waals surface area (Å²) in [5.41, 5.74) is -0.0132. The summed E-state index contributed by atoms with van der Waals surface area (Å²) in [5.74, 6) is -2.78. The first-order valence-electron chi connectivity index (χ1n) is 10.1. The molecule has 1 aromatic carbocycles. The Morgan fingerprint density at radius 1 is 1.16 bits per heavy atom. The molecule has 2 aliphatic heterocycles. The number of morpholine rings is 1. The van der Waals surface area contributed by atoms with Crippen LogP contribution in [0.25, 0.3) is 10.2 Å². The van der Waals surface area contributed by atoms with E-state index in [-0.39, 0.29) is 65.5 Å². The van der Waals surface area contributed by atoms with Gasteiger partial charge in [0.05, 0.1) is 17.9 Å². The third-order valence-corrected chi connectivity index (χ3v) is 6.37. The lowest BCUT2D eigenvalue weighted by Gasteiger charge is -2.28. The number of ether oxygens (including phenoxy) is 1. The Labute approximate surface area is 193 Å². The highest BCUT2D eigenvalue weighted by molar-refractivity contribution is 7.22. The van der Waals surface area contributed by atoms with Gasteiger partial charge in [-0.2, -0.15) is 0 Å². The second kappa shape index (κ2) is 10.6. The molecule has 0 unspecified atom stereocenters. The lowest BCUT2D eigenvalue weighted by atomic mass is 10.3. The molecule has 3 heterocycles. The molecule has 0 N–H and O–H groups in total. The number of fused-ring (bicyclic) bond motifs is 1. The Hall–Kier alpha value is -2.21. The van der Waals surface area contributed by atoms with Crippen LogP contribution in [0.1, 0.15) is 19.3 Å². The van der Waals surface area contributed by atoms with Crippen LogP contribution in [0.3, 0.4) is 0 Å². The third-order valence-electron chi connectivity index (χ3n) is 5.34. The molecule has 12 heteroatoms. The standard InChI is InChI=1S/C20H22F2N4O4S.ClH/c21-13-10-14(22)19-15(11-13)31-20(23-19)25(5-1-4-24-6-8-30-9-7-24)18(29)12-26-16(27)2-3-17(26)28;/h10-11H,1-9,12H2;1H. The number of anilines is 1. The van der Waals surface area contributed by atoms with Crippen molar-refractivity contribution in [2.75, 3.05) is 50.8 Å². The Morgan fingerprint density at radius 3 is 2.53 bits per heavy atom. The largest absolute Gasteiger partial charge is 0.379 e. The predicted octanol–water partition coefficient (Wildman–Crippen LogP) is 2.20. The van der Waals surface area contributed by atoms with Crippen LogP contribution in [0.4, 0.5) is 13.9 Å². The second-order valence-electron chi connectivity index (χ2n) is 7.46. The summed E-state index contributed by atoms with van der Waals surface area (Å²) in [6, 6.07) is 1.92. The normalized spacial score (nSPS) is 17.1. The number of benzene rings is 1. The van der Waals surface area contributed by atoms with Gasteiger partial charge in [0.15, 0.2) is 10.9 Å². The van der Waals surface area contributed by atoms with Gasteiger partial charge >= 0.3 is 0 Å². The Bertz CT molecular complexity index is 999. The molecule has 32 heavy (non-hydrogen) atoms. The van der Waals surface area contributed by atoms with E-state index >= 15 is 0 Å². The van der Waals surface area contributed by atoms with Crippen molar-refractivity contribution in [3.8, 4) is 0 Å². The third kappa shape index (κ3) is 5.40. The van der Waals surface area contributed by atoms with Gasteiger partial charge in [-0.25, -0.2) is 13.8 Å². The highest BCUT2D eigenvalue weighted by Gasteiger charge is 2.33. The topological polar surface area (TPSA) is 83.1 Å². The van der Waals surface area contributed by atoms with Gasteiger partial charge in [0.25, 0.3) is 0 Å². The van der Waals surface area contributed by atoms with E-state index < -0.39 is 17.5 Å². The van der Waals surface area contributed by atoms with Crippen LogP contribution in [0.15, 0.2) is 12.1 Å². The number of likely N-dealkylation sites (tertiary alicyclic amines) is 1. The van der Waals surface area contributed by atoms with Crippen molar-refractivity contribution >= 4 is 56.8 Å². The first-order chi connectivity index (χ1) is 14.9. The van der Waals surface area contributed by atoms with E-state index in [4.69, 9.17) is 4.74 Å². The molecule has 4 rings (SSSR count). The number of nitrogens with zero attached hydrogens (tertiary/aromatic N) is 4. The minimum atomic E-state index is -0.803. The van der Waals surface area contributed by atoms with E-state index in [1.165, 1.54) is 11.0 Å². The van der Waals surface area contributed by atoms with Crippen LogP contribution in [-0.4, -0.2) is 78.4 Å². The van der Waals surface area contributed by atoms with Gasteiger partial charge in [-0.1, -0.05) is 11.3 Å². The summed E-state index contributed by atoms with van der Waals surface area (Å²) < 4.78 is 33.3. The molecule has 0 bridgehead atoms. The number of halogens is 3. The van der Waals surface area contributed by atoms with Gasteiger partial charge in [0, 0.05) is 45.1 Å². The Morgan fingerprint density at radius 2 is 1.84 bits per heavy atom. The highest BCUT2D eigenvalue weighted by atomic mass is 35.5. The molecule has 1 aromatic heterocycles. The lowest BCUT2D eigenvalue weighted by molar-refractivity contribution is -0.141. The van der Waals surface area contributed by atoms with Crippen LogP contribution in [0, 0.1) is 11.6 Å².